The van der Waals surface area contributed by atoms with Gasteiger partial charge in [-0.2, -0.15) is 0 Å². The lowest BCUT2D eigenvalue weighted by molar-refractivity contribution is 0.266. The van der Waals surface area contributed by atoms with Crippen LogP contribution >= 0.6 is 0 Å². The molecule has 0 amide bonds. The van der Waals surface area contributed by atoms with E-state index in [0.29, 0.717) is 18.1 Å². The summed E-state index contributed by atoms with van der Waals surface area (Å²) in [6.07, 6.45) is 0.739. The highest BCUT2D eigenvalue weighted by atomic mass is 19.1. The number of imidazole rings is 1. The molecule has 0 bridgehead atoms. The van der Waals surface area contributed by atoms with Gasteiger partial charge in [0.1, 0.15) is 18.2 Å². The first-order chi connectivity index (χ1) is 10.2. The standard InChI is InChI=1S/C16H16FN3O/c17-12-3-1-11(2-4-12)7-8-20-15-6-5-13(18)9-14(15)19-16(20)10-21/h1-6,9,21H,7-8,10,18H2. The second-order valence-corrected chi connectivity index (χ2v) is 4.96. The summed E-state index contributed by atoms with van der Waals surface area (Å²) < 4.78 is 14.9. The molecular weight excluding hydrogens is 269 g/mol. The Hall–Kier alpha value is -2.40. The molecule has 3 rings (SSSR count). The first kappa shape index (κ1) is 13.6. The van der Waals surface area contributed by atoms with E-state index >= 15 is 0 Å². The number of nitrogens with zero attached hydrogens (tertiary/aromatic N) is 2. The van der Waals surface area contributed by atoms with Crippen LogP contribution in [0, 0.1) is 5.82 Å². The molecule has 5 heteroatoms. The molecule has 108 valence electrons. The third-order valence-electron chi connectivity index (χ3n) is 3.53. The van der Waals surface area contributed by atoms with Crippen molar-refractivity contribution in [2.24, 2.45) is 0 Å². The Morgan fingerprint density at radius 2 is 1.90 bits per heavy atom. The number of anilines is 1. The third-order valence-corrected chi connectivity index (χ3v) is 3.53. The van der Waals surface area contributed by atoms with E-state index in [0.717, 1.165) is 23.0 Å². The molecular formula is C16H16FN3O. The largest absolute Gasteiger partial charge is 0.399 e. The molecule has 0 aliphatic carbocycles. The van der Waals surface area contributed by atoms with Crippen molar-refractivity contribution in [3.05, 3.63) is 59.7 Å². The molecule has 0 radical (unpaired) electrons. The van der Waals surface area contributed by atoms with Crippen molar-refractivity contribution < 1.29 is 9.50 Å². The maximum Gasteiger partial charge on any atom is 0.135 e. The predicted octanol–water partition coefficient (Wildman–Crippen LogP) is 2.49. The number of rotatable bonds is 4. The van der Waals surface area contributed by atoms with Gasteiger partial charge in [0.05, 0.1) is 11.0 Å². The molecule has 0 aliphatic rings. The van der Waals surface area contributed by atoms with Crippen molar-refractivity contribution in [1.82, 2.24) is 9.55 Å². The van der Waals surface area contributed by atoms with Gasteiger partial charge in [-0.15, -0.1) is 0 Å². The van der Waals surface area contributed by atoms with Crippen LogP contribution < -0.4 is 5.73 Å². The van der Waals surface area contributed by atoms with Crippen LogP contribution in [0.4, 0.5) is 10.1 Å². The molecule has 21 heavy (non-hydrogen) atoms. The summed E-state index contributed by atoms with van der Waals surface area (Å²) in [5.74, 6) is 0.371. The van der Waals surface area contributed by atoms with Gasteiger partial charge in [-0.05, 0) is 42.3 Å². The SMILES string of the molecule is Nc1ccc2c(c1)nc(CO)n2CCc1ccc(F)cc1. The summed E-state index contributed by atoms with van der Waals surface area (Å²) in [6.45, 7) is 0.542. The first-order valence-corrected chi connectivity index (χ1v) is 6.77. The topological polar surface area (TPSA) is 64.1 Å². The smallest absolute Gasteiger partial charge is 0.135 e. The molecule has 4 nitrogen and oxygen atoms in total. The molecule has 0 saturated heterocycles. The molecule has 1 heterocycles. The van der Waals surface area contributed by atoms with E-state index in [1.54, 1.807) is 18.2 Å². The highest BCUT2D eigenvalue weighted by Crippen LogP contribution is 2.20. The van der Waals surface area contributed by atoms with E-state index in [-0.39, 0.29) is 12.4 Å². The van der Waals surface area contributed by atoms with Crippen molar-refractivity contribution in [1.29, 1.82) is 0 Å². The number of hydrogen-bond donors (Lipinski definition) is 2. The average molecular weight is 285 g/mol. The molecule has 3 N–H and O–H groups in total. The fraction of sp³-hybridized carbons (Fsp3) is 0.188. The van der Waals surface area contributed by atoms with Crippen molar-refractivity contribution in [3.63, 3.8) is 0 Å². The van der Waals surface area contributed by atoms with Gasteiger partial charge in [-0.25, -0.2) is 9.37 Å². The molecule has 3 aromatic rings. The lowest BCUT2D eigenvalue weighted by Crippen LogP contribution is -2.06. The number of halogens is 1. The van der Waals surface area contributed by atoms with Crippen LogP contribution in [0.15, 0.2) is 42.5 Å². The highest BCUT2D eigenvalue weighted by Gasteiger charge is 2.10. The maximum absolute atomic E-state index is 12.9. The van der Waals surface area contributed by atoms with Crippen LogP contribution in [0.5, 0.6) is 0 Å². The Morgan fingerprint density at radius 1 is 1.14 bits per heavy atom. The van der Waals surface area contributed by atoms with E-state index in [9.17, 15) is 9.50 Å². The van der Waals surface area contributed by atoms with Gasteiger partial charge >= 0.3 is 0 Å². The third kappa shape index (κ3) is 2.73. The summed E-state index contributed by atoms with van der Waals surface area (Å²) in [5.41, 5.74) is 9.16. The minimum absolute atomic E-state index is 0.127. The van der Waals surface area contributed by atoms with Crippen LogP contribution in [0.3, 0.4) is 0 Å². The fourth-order valence-corrected chi connectivity index (χ4v) is 2.46. The number of nitrogen functional groups attached to an aromatic ring is 1. The number of fused-ring (bicyclic) bond motifs is 1. The molecule has 0 unspecified atom stereocenters. The number of benzene rings is 2. The summed E-state index contributed by atoms with van der Waals surface area (Å²) in [4.78, 5) is 4.39. The van der Waals surface area contributed by atoms with Crippen LogP contribution in [0.25, 0.3) is 11.0 Å². The van der Waals surface area contributed by atoms with Gasteiger partial charge in [0.15, 0.2) is 0 Å². The minimum Gasteiger partial charge on any atom is -0.399 e. The number of aliphatic hydroxyl groups is 1. The van der Waals surface area contributed by atoms with Gasteiger partial charge in [-0.1, -0.05) is 12.1 Å². The number of aliphatic hydroxyl groups excluding tert-OH is 1. The normalized spacial score (nSPS) is 11.1. The van der Waals surface area contributed by atoms with Gasteiger partial charge in [0.2, 0.25) is 0 Å². The van der Waals surface area contributed by atoms with E-state index in [2.05, 4.69) is 4.98 Å². The van der Waals surface area contributed by atoms with Crippen molar-refractivity contribution >= 4 is 16.7 Å². The molecule has 2 aromatic carbocycles. The van der Waals surface area contributed by atoms with Gasteiger partial charge in [-0.3, -0.25) is 0 Å². The Morgan fingerprint density at radius 3 is 2.62 bits per heavy atom. The second-order valence-electron chi connectivity index (χ2n) is 4.96. The molecule has 0 aliphatic heterocycles. The number of hydrogen-bond acceptors (Lipinski definition) is 3. The van der Waals surface area contributed by atoms with Crippen LogP contribution in [0.1, 0.15) is 11.4 Å². The number of aromatic nitrogens is 2. The maximum atomic E-state index is 12.9. The molecule has 0 fully saturated rings. The Balaban J connectivity index is 1.90. The number of nitrogens with two attached hydrogens (primary N) is 1. The molecule has 0 spiro atoms. The Labute approximate surface area is 121 Å². The predicted molar refractivity (Wildman–Crippen MR) is 80.2 cm³/mol. The number of aryl methyl sites for hydroxylation is 2. The second kappa shape index (κ2) is 5.54. The fourth-order valence-electron chi connectivity index (χ4n) is 2.46. The summed E-state index contributed by atoms with van der Waals surface area (Å²) in [7, 11) is 0. The van der Waals surface area contributed by atoms with E-state index in [1.165, 1.54) is 12.1 Å². The quantitative estimate of drug-likeness (QED) is 0.724. The van der Waals surface area contributed by atoms with Crippen LogP contribution in [-0.4, -0.2) is 14.7 Å². The Kier molecular flexibility index (Phi) is 3.58. The van der Waals surface area contributed by atoms with Crippen molar-refractivity contribution in [2.45, 2.75) is 19.6 Å². The van der Waals surface area contributed by atoms with Gasteiger partial charge in [0, 0.05) is 12.2 Å². The summed E-state index contributed by atoms with van der Waals surface area (Å²) >= 11 is 0. The van der Waals surface area contributed by atoms with Crippen LogP contribution in [-0.2, 0) is 19.6 Å². The van der Waals surface area contributed by atoms with E-state index < -0.39 is 0 Å². The van der Waals surface area contributed by atoms with Crippen molar-refractivity contribution in [3.8, 4) is 0 Å². The molecule has 0 saturated carbocycles. The van der Waals surface area contributed by atoms with E-state index in [1.807, 2.05) is 16.7 Å². The zero-order valence-corrected chi connectivity index (χ0v) is 11.5. The molecule has 0 atom stereocenters. The molecule has 1 aromatic heterocycles. The van der Waals surface area contributed by atoms with Crippen LogP contribution in [0.2, 0.25) is 0 Å². The lowest BCUT2D eigenvalue weighted by Gasteiger charge is -2.08. The van der Waals surface area contributed by atoms with Gasteiger partial charge < -0.3 is 15.4 Å². The highest BCUT2D eigenvalue weighted by molar-refractivity contribution is 5.79. The minimum atomic E-state index is -0.238. The lowest BCUT2D eigenvalue weighted by atomic mass is 10.1. The summed E-state index contributed by atoms with van der Waals surface area (Å²) in [6, 6.07) is 12.0. The van der Waals surface area contributed by atoms with E-state index in [4.69, 9.17) is 5.73 Å². The monoisotopic (exact) mass is 285 g/mol. The average Bonchev–Trinajstić information content (AvgIpc) is 2.83. The van der Waals surface area contributed by atoms with Crippen molar-refractivity contribution in [2.75, 3.05) is 5.73 Å². The Bertz CT molecular complexity index is 765. The summed E-state index contributed by atoms with van der Waals surface area (Å²) in [5, 5.41) is 9.46. The first-order valence-electron chi connectivity index (χ1n) is 6.77. The van der Waals surface area contributed by atoms with Gasteiger partial charge in [0.25, 0.3) is 0 Å². The zero-order valence-electron chi connectivity index (χ0n) is 11.5. The zero-order chi connectivity index (χ0) is 14.8.